The van der Waals surface area contributed by atoms with Gasteiger partial charge in [-0.3, -0.25) is 4.79 Å². The fraction of sp³-hybridized carbons (Fsp3) is 0.417. The van der Waals surface area contributed by atoms with Crippen LogP contribution in [0.25, 0.3) is 0 Å². The van der Waals surface area contributed by atoms with Crippen molar-refractivity contribution in [1.82, 2.24) is 0 Å². The van der Waals surface area contributed by atoms with Crippen LogP contribution in [0.4, 0.5) is 14.5 Å². The van der Waals surface area contributed by atoms with Crippen LogP contribution in [-0.2, 0) is 28.6 Å². The van der Waals surface area contributed by atoms with Gasteiger partial charge in [0, 0.05) is 5.69 Å². The number of halogens is 2. The summed E-state index contributed by atoms with van der Waals surface area (Å²) < 4.78 is 49.8. The summed E-state index contributed by atoms with van der Waals surface area (Å²) in [5.41, 5.74) is 1.27. The van der Waals surface area contributed by atoms with Gasteiger partial charge in [0.1, 0.15) is 54.0 Å². The average molecular weight is 762 g/mol. The number of aliphatic hydroxyl groups excluding tert-OH is 6. The molecule has 0 aromatic heterocycles. The van der Waals surface area contributed by atoms with Crippen molar-refractivity contribution in [3.63, 3.8) is 0 Å². The van der Waals surface area contributed by atoms with Crippen LogP contribution in [0.3, 0.4) is 0 Å². The second kappa shape index (κ2) is 16.0. The van der Waals surface area contributed by atoms with E-state index in [2.05, 4.69) is 0 Å². The molecule has 54 heavy (non-hydrogen) atoms. The molecule has 3 aromatic carbocycles. The third kappa shape index (κ3) is 7.79. The number of aliphatic carboxylic acids is 2. The molecule has 8 N–H and O–H groups in total. The first-order valence-corrected chi connectivity index (χ1v) is 16.8. The molecular weight excluding hydrogens is 724 g/mol. The van der Waals surface area contributed by atoms with Crippen LogP contribution in [0.15, 0.2) is 72.8 Å². The first-order valence-electron chi connectivity index (χ1n) is 16.8. The molecule has 0 saturated carbocycles. The molecule has 3 heterocycles. The molecule has 18 heteroatoms. The van der Waals surface area contributed by atoms with Gasteiger partial charge in [0.25, 0.3) is 0 Å². The maximum absolute atomic E-state index is 13.9. The molecule has 290 valence electrons. The van der Waals surface area contributed by atoms with E-state index >= 15 is 0 Å². The fourth-order valence-corrected chi connectivity index (χ4v) is 6.78. The minimum atomic E-state index is -1.97. The molecule has 16 nitrogen and oxygen atoms in total. The van der Waals surface area contributed by atoms with E-state index in [9.17, 15) is 64.0 Å². The number of carboxylic acid groups (broad SMARTS) is 2. The third-order valence-corrected chi connectivity index (χ3v) is 9.70. The molecule has 0 radical (unpaired) electrons. The summed E-state index contributed by atoms with van der Waals surface area (Å²) in [5, 5.41) is 80.4. The predicted molar refractivity (Wildman–Crippen MR) is 175 cm³/mol. The van der Waals surface area contributed by atoms with Crippen LogP contribution in [0.5, 0.6) is 5.75 Å². The van der Waals surface area contributed by atoms with E-state index in [1.807, 2.05) is 0 Å². The topological polar surface area (TPSA) is 253 Å². The lowest BCUT2D eigenvalue weighted by Gasteiger charge is -2.48. The maximum atomic E-state index is 13.9. The highest BCUT2D eigenvalue weighted by atomic mass is 19.1. The van der Waals surface area contributed by atoms with Crippen LogP contribution in [-0.4, -0.2) is 120 Å². The summed E-state index contributed by atoms with van der Waals surface area (Å²) in [6.07, 6.45) is -19.6. The largest absolute Gasteiger partial charge is 0.479 e. The zero-order valence-corrected chi connectivity index (χ0v) is 28.0. The standard InChI is InChI=1S/C36H37F2NO15/c37-17-5-1-15(2-6-17)22(52-36-29(45)25(41)27(43)31(54-36)34(49)50)14-13-21-23(39(32(21)46)19-9-7-18(38)8-10-19)16-3-11-20(12-4-16)51-35-28(44)24(40)26(42)30(53-35)33(47)48/h1-12,21-31,35-36,40-45H,13-14H2,(H,47,48)(H,49,50)/t21?,22?,23?,24?,25?,26?,27-,28?,29?,30?,31?,35?,36?/m1/s1. The highest BCUT2D eigenvalue weighted by Crippen LogP contribution is 2.47. The molecule has 3 saturated heterocycles. The Kier molecular flexibility index (Phi) is 11.6. The summed E-state index contributed by atoms with van der Waals surface area (Å²) >= 11 is 0. The number of hydrogen-bond donors (Lipinski definition) is 8. The molecule has 1 amide bonds. The molecule has 0 bridgehead atoms. The van der Waals surface area contributed by atoms with Crippen LogP contribution in [0.1, 0.15) is 36.1 Å². The van der Waals surface area contributed by atoms with E-state index in [1.54, 1.807) is 12.1 Å². The minimum absolute atomic E-state index is 0.00971. The van der Waals surface area contributed by atoms with E-state index in [1.165, 1.54) is 53.4 Å². The number of rotatable bonds is 12. The van der Waals surface area contributed by atoms with Crippen molar-refractivity contribution in [2.24, 2.45) is 5.92 Å². The molecule has 0 aliphatic carbocycles. The monoisotopic (exact) mass is 761 g/mol. The van der Waals surface area contributed by atoms with Gasteiger partial charge in [-0.2, -0.15) is 0 Å². The Morgan fingerprint density at radius 2 is 1.19 bits per heavy atom. The van der Waals surface area contributed by atoms with Crippen molar-refractivity contribution in [3.05, 3.63) is 95.6 Å². The van der Waals surface area contributed by atoms with Gasteiger partial charge in [0.2, 0.25) is 12.2 Å². The molecule has 3 aliphatic heterocycles. The smallest absolute Gasteiger partial charge is 0.335 e. The normalized spacial score (nSPS) is 33.1. The van der Waals surface area contributed by atoms with Gasteiger partial charge in [-0.15, -0.1) is 0 Å². The minimum Gasteiger partial charge on any atom is -0.479 e. The SMILES string of the molecule is O=C(O)C1OC(Oc2ccc(C3C(CCC(OC4OC(C(=O)O)[C@H](O)C(O)C4O)c4ccc(F)cc4)C(=O)N3c3ccc(F)cc3)cc2)C(O)C(O)C1O. The first kappa shape index (κ1) is 39.1. The van der Waals surface area contributed by atoms with Crippen molar-refractivity contribution in [3.8, 4) is 5.75 Å². The highest BCUT2D eigenvalue weighted by Gasteiger charge is 2.51. The Morgan fingerprint density at radius 3 is 1.72 bits per heavy atom. The van der Waals surface area contributed by atoms with E-state index in [0.717, 1.165) is 12.1 Å². The van der Waals surface area contributed by atoms with Gasteiger partial charge in [-0.05, 0) is 72.5 Å². The number of ether oxygens (including phenoxy) is 4. The van der Waals surface area contributed by atoms with Crippen molar-refractivity contribution in [2.45, 2.75) is 86.4 Å². The number of β-lactam (4-membered cyclic amide) rings is 1. The molecular formula is C36H37F2NO15. The molecule has 6 rings (SSSR count). The predicted octanol–water partition coefficient (Wildman–Crippen LogP) is 0.370. The maximum Gasteiger partial charge on any atom is 0.335 e. The van der Waals surface area contributed by atoms with Crippen molar-refractivity contribution in [1.29, 1.82) is 0 Å². The Bertz CT molecular complexity index is 1800. The van der Waals surface area contributed by atoms with Crippen molar-refractivity contribution in [2.75, 3.05) is 4.90 Å². The van der Waals surface area contributed by atoms with Crippen LogP contribution in [0.2, 0.25) is 0 Å². The molecule has 3 aliphatic rings. The molecule has 12 unspecified atom stereocenters. The van der Waals surface area contributed by atoms with Gasteiger partial charge in [0.15, 0.2) is 18.5 Å². The molecule has 3 aromatic rings. The van der Waals surface area contributed by atoms with E-state index in [0.29, 0.717) is 16.8 Å². The van der Waals surface area contributed by atoms with Crippen molar-refractivity contribution < 1.29 is 83.0 Å². The number of amides is 1. The average Bonchev–Trinajstić information content (AvgIpc) is 3.14. The summed E-state index contributed by atoms with van der Waals surface area (Å²) in [4.78, 5) is 38.4. The zero-order chi connectivity index (χ0) is 39.0. The summed E-state index contributed by atoms with van der Waals surface area (Å²) in [5.74, 6) is -5.39. The number of carbonyl (C=O) groups excluding carboxylic acids is 1. The Morgan fingerprint density at radius 1 is 0.685 bits per heavy atom. The third-order valence-electron chi connectivity index (χ3n) is 9.70. The lowest BCUT2D eigenvalue weighted by Crippen LogP contribution is -2.61. The van der Waals surface area contributed by atoms with Crippen LogP contribution >= 0.6 is 0 Å². The van der Waals surface area contributed by atoms with Gasteiger partial charge >= 0.3 is 11.9 Å². The highest BCUT2D eigenvalue weighted by molar-refractivity contribution is 6.03. The first-order chi connectivity index (χ1) is 25.7. The summed E-state index contributed by atoms with van der Waals surface area (Å²) in [6, 6.07) is 15.6. The number of aliphatic hydroxyl groups is 6. The number of benzene rings is 3. The summed E-state index contributed by atoms with van der Waals surface area (Å²) in [6.45, 7) is 0. The molecule has 3 fully saturated rings. The van der Waals surface area contributed by atoms with Crippen molar-refractivity contribution >= 4 is 23.5 Å². The fourth-order valence-electron chi connectivity index (χ4n) is 6.78. The summed E-state index contributed by atoms with van der Waals surface area (Å²) in [7, 11) is 0. The number of anilines is 1. The Balaban J connectivity index is 1.24. The molecule has 0 spiro atoms. The quantitative estimate of drug-likeness (QED) is 0.116. The second-order valence-electron chi connectivity index (χ2n) is 13.1. The van der Waals surface area contributed by atoms with Gasteiger partial charge in [-0.1, -0.05) is 24.3 Å². The van der Waals surface area contributed by atoms with E-state index in [-0.39, 0.29) is 24.5 Å². The lowest BCUT2D eigenvalue weighted by molar-refractivity contribution is -0.306. The van der Waals surface area contributed by atoms with Crippen LogP contribution in [0, 0.1) is 17.6 Å². The van der Waals surface area contributed by atoms with Gasteiger partial charge in [-0.25, -0.2) is 18.4 Å². The number of hydrogen-bond acceptors (Lipinski definition) is 13. The van der Waals surface area contributed by atoms with Crippen LogP contribution < -0.4 is 9.64 Å². The van der Waals surface area contributed by atoms with E-state index in [4.69, 9.17) is 18.9 Å². The van der Waals surface area contributed by atoms with Gasteiger partial charge in [0.05, 0.1) is 18.1 Å². The van der Waals surface area contributed by atoms with E-state index < -0.39 is 103 Å². The lowest BCUT2D eigenvalue weighted by atomic mass is 9.78. The Hall–Kier alpha value is -4.63. The zero-order valence-electron chi connectivity index (χ0n) is 28.0. The number of nitrogens with zero attached hydrogens (tertiary/aromatic N) is 1. The second-order valence-corrected chi connectivity index (χ2v) is 13.1. The molecule has 13 atom stereocenters. The number of carboxylic acids is 2. The Labute approximate surface area is 304 Å². The van der Waals surface area contributed by atoms with Gasteiger partial charge < -0.3 is 64.7 Å². The number of carbonyl (C=O) groups is 3.